The summed E-state index contributed by atoms with van der Waals surface area (Å²) in [6, 6.07) is 59.7. The van der Waals surface area contributed by atoms with Crippen molar-refractivity contribution in [3.8, 4) is 44.9 Å². The number of hydrogen-bond donors (Lipinski definition) is 0. The molecule has 2 aromatic heterocycles. The summed E-state index contributed by atoms with van der Waals surface area (Å²) in [5.41, 5.74) is 10.2. The first-order chi connectivity index (χ1) is 24.3. The molecule has 0 bridgehead atoms. The average molecular weight is 625 g/mol. The fourth-order valence-electron chi connectivity index (χ4n) is 7.21. The standard InChI is InChI=1S/C46H28N2O/c1-2-11-31(12-3-1)39-27-35-14-6-7-15-37(35)45-43(39)40-28-36(24-25-42(40)49-45)44-38-16-8-9-17-41(38)47-46(48-44)32-21-18-30(19-22-32)34-23-20-29-10-4-5-13-33(29)26-34/h1-28H. The molecule has 0 aliphatic carbocycles. The third-order valence-electron chi connectivity index (χ3n) is 9.65. The van der Waals surface area contributed by atoms with Gasteiger partial charge >= 0.3 is 0 Å². The molecule has 0 radical (unpaired) electrons. The molecule has 0 atom stereocenters. The molecule has 3 nitrogen and oxygen atoms in total. The van der Waals surface area contributed by atoms with Gasteiger partial charge in [0.2, 0.25) is 0 Å². The first-order valence-corrected chi connectivity index (χ1v) is 16.6. The van der Waals surface area contributed by atoms with Crippen LogP contribution in [0.3, 0.4) is 0 Å². The fraction of sp³-hybridized carbons (Fsp3) is 0. The Morgan fingerprint density at radius 3 is 1.92 bits per heavy atom. The Morgan fingerprint density at radius 2 is 1.06 bits per heavy atom. The van der Waals surface area contributed by atoms with Gasteiger partial charge in [-0.15, -0.1) is 0 Å². The van der Waals surface area contributed by atoms with Crippen LogP contribution in [-0.4, -0.2) is 9.97 Å². The first-order valence-electron chi connectivity index (χ1n) is 16.6. The van der Waals surface area contributed by atoms with Crippen LogP contribution < -0.4 is 0 Å². The van der Waals surface area contributed by atoms with Crippen molar-refractivity contribution in [1.82, 2.24) is 9.97 Å². The van der Waals surface area contributed by atoms with Crippen LogP contribution in [0.4, 0.5) is 0 Å². The molecule has 2 heterocycles. The van der Waals surface area contributed by atoms with Crippen LogP contribution in [0.1, 0.15) is 0 Å². The Kier molecular flexibility index (Phi) is 6.18. The van der Waals surface area contributed by atoms with Gasteiger partial charge < -0.3 is 4.42 Å². The lowest BCUT2D eigenvalue weighted by molar-refractivity contribution is 0.673. The van der Waals surface area contributed by atoms with Crippen LogP contribution in [0, 0.1) is 0 Å². The van der Waals surface area contributed by atoms with Crippen molar-refractivity contribution in [2.45, 2.75) is 0 Å². The van der Waals surface area contributed by atoms with Crippen molar-refractivity contribution in [3.05, 3.63) is 170 Å². The number of hydrogen-bond acceptors (Lipinski definition) is 3. The highest BCUT2D eigenvalue weighted by molar-refractivity contribution is 6.21. The van der Waals surface area contributed by atoms with Crippen molar-refractivity contribution in [2.75, 3.05) is 0 Å². The SMILES string of the molecule is c1ccc(-c2cc3ccccc3c3oc4ccc(-c5nc(-c6ccc(-c7ccc8ccccc8c7)cc6)nc6ccccc56)cc4c23)cc1. The molecule has 0 aliphatic heterocycles. The van der Waals surface area contributed by atoms with Gasteiger partial charge in [-0.25, -0.2) is 9.97 Å². The minimum Gasteiger partial charge on any atom is -0.455 e. The highest BCUT2D eigenvalue weighted by Crippen LogP contribution is 2.43. The fourth-order valence-corrected chi connectivity index (χ4v) is 7.21. The Bertz CT molecular complexity index is 2870. The molecule has 49 heavy (non-hydrogen) atoms. The molecular formula is C46H28N2O. The van der Waals surface area contributed by atoms with Gasteiger partial charge in [-0.05, 0) is 74.8 Å². The summed E-state index contributed by atoms with van der Waals surface area (Å²) in [6.07, 6.45) is 0. The van der Waals surface area contributed by atoms with Crippen molar-refractivity contribution in [1.29, 1.82) is 0 Å². The minimum absolute atomic E-state index is 0.701. The third-order valence-corrected chi connectivity index (χ3v) is 9.65. The molecule has 10 aromatic rings. The maximum Gasteiger partial charge on any atom is 0.160 e. The molecule has 8 aromatic carbocycles. The van der Waals surface area contributed by atoms with E-state index in [0.717, 1.165) is 77.1 Å². The van der Waals surface area contributed by atoms with E-state index in [2.05, 4.69) is 164 Å². The number of fused-ring (bicyclic) bond motifs is 7. The molecule has 0 N–H and O–H groups in total. The zero-order valence-corrected chi connectivity index (χ0v) is 26.5. The van der Waals surface area contributed by atoms with E-state index in [9.17, 15) is 0 Å². The quantitative estimate of drug-likeness (QED) is 0.196. The number of benzene rings is 8. The van der Waals surface area contributed by atoms with E-state index >= 15 is 0 Å². The van der Waals surface area contributed by atoms with Crippen LogP contribution in [0.2, 0.25) is 0 Å². The van der Waals surface area contributed by atoms with E-state index in [0.29, 0.717) is 5.82 Å². The monoisotopic (exact) mass is 624 g/mol. The van der Waals surface area contributed by atoms with Gasteiger partial charge in [0.25, 0.3) is 0 Å². The van der Waals surface area contributed by atoms with Gasteiger partial charge in [0.05, 0.1) is 11.2 Å². The number of furan rings is 1. The van der Waals surface area contributed by atoms with Crippen molar-refractivity contribution in [3.63, 3.8) is 0 Å². The molecule has 0 spiro atoms. The summed E-state index contributed by atoms with van der Waals surface area (Å²) >= 11 is 0. The molecule has 10 rings (SSSR count). The lowest BCUT2D eigenvalue weighted by Crippen LogP contribution is -1.95. The van der Waals surface area contributed by atoms with Crippen LogP contribution in [0.25, 0.3) is 99.3 Å². The average Bonchev–Trinajstić information content (AvgIpc) is 3.57. The molecule has 0 aliphatic rings. The lowest BCUT2D eigenvalue weighted by Gasteiger charge is -2.11. The summed E-state index contributed by atoms with van der Waals surface area (Å²) in [5.74, 6) is 0.701. The van der Waals surface area contributed by atoms with E-state index in [1.54, 1.807) is 0 Å². The zero-order chi connectivity index (χ0) is 32.3. The summed E-state index contributed by atoms with van der Waals surface area (Å²) in [4.78, 5) is 10.3. The third kappa shape index (κ3) is 4.59. The van der Waals surface area contributed by atoms with E-state index in [1.165, 1.54) is 16.3 Å². The maximum atomic E-state index is 6.64. The largest absolute Gasteiger partial charge is 0.455 e. The van der Waals surface area contributed by atoms with Gasteiger partial charge in [0.15, 0.2) is 5.82 Å². The van der Waals surface area contributed by atoms with E-state index in [4.69, 9.17) is 14.4 Å². The molecule has 0 saturated carbocycles. The maximum absolute atomic E-state index is 6.64. The van der Waals surface area contributed by atoms with Crippen LogP contribution in [0.5, 0.6) is 0 Å². The number of aromatic nitrogens is 2. The normalized spacial score (nSPS) is 11.7. The summed E-state index contributed by atoms with van der Waals surface area (Å²) in [5, 5.41) is 7.94. The molecule has 0 fully saturated rings. The second-order valence-electron chi connectivity index (χ2n) is 12.6. The minimum atomic E-state index is 0.701. The number of nitrogens with zero attached hydrogens (tertiary/aromatic N) is 2. The zero-order valence-electron chi connectivity index (χ0n) is 26.5. The molecule has 228 valence electrons. The Morgan fingerprint density at radius 1 is 0.388 bits per heavy atom. The summed E-state index contributed by atoms with van der Waals surface area (Å²) < 4.78 is 6.64. The van der Waals surface area contributed by atoms with Gasteiger partial charge in [-0.2, -0.15) is 0 Å². The summed E-state index contributed by atoms with van der Waals surface area (Å²) in [7, 11) is 0. The smallest absolute Gasteiger partial charge is 0.160 e. The van der Waals surface area contributed by atoms with Crippen molar-refractivity contribution < 1.29 is 4.42 Å². The topological polar surface area (TPSA) is 38.9 Å². The Labute approximate surface area is 282 Å². The predicted molar refractivity (Wildman–Crippen MR) is 204 cm³/mol. The second kappa shape index (κ2) is 11.0. The lowest BCUT2D eigenvalue weighted by atomic mass is 9.94. The molecular weight excluding hydrogens is 597 g/mol. The van der Waals surface area contributed by atoms with Crippen molar-refractivity contribution in [2.24, 2.45) is 0 Å². The molecule has 0 unspecified atom stereocenters. The predicted octanol–water partition coefficient (Wildman–Crippen LogP) is 12.5. The van der Waals surface area contributed by atoms with E-state index in [-0.39, 0.29) is 0 Å². The van der Waals surface area contributed by atoms with E-state index < -0.39 is 0 Å². The second-order valence-corrected chi connectivity index (χ2v) is 12.6. The van der Waals surface area contributed by atoms with E-state index in [1.807, 2.05) is 6.07 Å². The Balaban J connectivity index is 1.14. The van der Waals surface area contributed by atoms with Crippen LogP contribution in [-0.2, 0) is 0 Å². The number of para-hydroxylation sites is 1. The van der Waals surface area contributed by atoms with Gasteiger partial charge in [-0.1, -0.05) is 133 Å². The van der Waals surface area contributed by atoms with Crippen LogP contribution >= 0.6 is 0 Å². The molecule has 0 saturated heterocycles. The number of rotatable bonds is 4. The van der Waals surface area contributed by atoms with Crippen LogP contribution in [0.15, 0.2) is 174 Å². The molecule has 0 amide bonds. The van der Waals surface area contributed by atoms with Crippen molar-refractivity contribution >= 4 is 54.4 Å². The van der Waals surface area contributed by atoms with Gasteiger partial charge in [0, 0.05) is 32.7 Å². The summed E-state index contributed by atoms with van der Waals surface area (Å²) in [6.45, 7) is 0. The highest BCUT2D eigenvalue weighted by atomic mass is 16.3. The Hall–Kier alpha value is -6.58. The van der Waals surface area contributed by atoms with Gasteiger partial charge in [0.1, 0.15) is 11.2 Å². The first kappa shape index (κ1) is 27.5. The molecule has 3 heteroatoms. The highest BCUT2D eigenvalue weighted by Gasteiger charge is 2.19. The van der Waals surface area contributed by atoms with Gasteiger partial charge in [-0.3, -0.25) is 0 Å².